The maximum Gasteiger partial charge on any atom is 0.330 e. The molecule has 0 saturated carbocycles. The molecule has 26 heavy (non-hydrogen) atoms. The monoisotopic (exact) mass is 354 g/mol. The molecule has 0 heterocycles. The fraction of sp³-hybridized carbons (Fsp3) is 0.348. The largest absolute Gasteiger partial charge is 0.496 e. The molecule has 0 N–H and O–H groups in total. The summed E-state index contributed by atoms with van der Waals surface area (Å²) in [5.41, 5.74) is 4.80. The Labute approximate surface area is 157 Å². The van der Waals surface area contributed by atoms with Gasteiger partial charge < -0.3 is 9.47 Å². The Kier molecular flexibility index (Phi) is 9.85. The number of methoxy groups -OCH3 is 1. The highest BCUT2D eigenvalue weighted by molar-refractivity contribution is 5.82. The Morgan fingerprint density at radius 2 is 1.65 bits per heavy atom. The van der Waals surface area contributed by atoms with Crippen LogP contribution < -0.4 is 4.74 Å². The van der Waals surface area contributed by atoms with Crippen LogP contribution in [0.25, 0.3) is 6.08 Å². The van der Waals surface area contributed by atoms with Gasteiger partial charge in [0.15, 0.2) is 0 Å². The third-order valence-corrected chi connectivity index (χ3v) is 4.12. The van der Waals surface area contributed by atoms with Gasteiger partial charge in [0.05, 0.1) is 13.7 Å². The van der Waals surface area contributed by atoms with E-state index < -0.39 is 0 Å². The molecule has 3 nitrogen and oxygen atoms in total. The van der Waals surface area contributed by atoms with E-state index in [1.54, 1.807) is 19.3 Å². The lowest BCUT2D eigenvalue weighted by atomic mass is 9.97. The van der Waals surface area contributed by atoms with Crippen LogP contribution in [0, 0.1) is 20.8 Å². The van der Waals surface area contributed by atoms with E-state index in [0.717, 1.165) is 24.2 Å². The van der Waals surface area contributed by atoms with Crippen LogP contribution in [0.15, 0.2) is 48.6 Å². The average Bonchev–Trinajstić information content (AvgIpc) is 2.62. The third-order valence-electron chi connectivity index (χ3n) is 4.12. The number of unbranched alkanes of at least 4 members (excludes halogenated alkanes) is 1. The molecule has 0 fully saturated rings. The van der Waals surface area contributed by atoms with Crippen molar-refractivity contribution in [2.45, 2.75) is 40.5 Å². The molecule has 0 aliphatic rings. The Morgan fingerprint density at radius 1 is 1.00 bits per heavy atom. The fourth-order valence-corrected chi connectivity index (χ4v) is 2.44. The van der Waals surface area contributed by atoms with Crippen LogP contribution in [-0.2, 0) is 9.53 Å². The topological polar surface area (TPSA) is 35.5 Å². The summed E-state index contributed by atoms with van der Waals surface area (Å²) in [6.45, 7) is 8.81. The number of ether oxygens (including phenoxy) is 2. The number of carbonyl (C=O) groups is 1. The summed E-state index contributed by atoms with van der Waals surface area (Å²) in [6, 6.07) is 2.07. The van der Waals surface area contributed by atoms with Gasteiger partial charge in [-0.1, -0.05) is 55.9 Å². The number of allylic oxidation sites excluding steroid dienone is 6. The van der Waals surface area contributed by atoms with Crippen LogP contribution in [0.4, 0.5) is 0 Å². The van der Waals surface area contributed by atoms with Crippen LogP contribution in [0.3, 0.4) is 0 Å². The second-order valence-corrected chi connectivity index (χ2v) is 6.07. The summed E-state index contributed by atoms with van der Waals surface area (Å²) in [4.78, 5) is 11.4. The van der Waals surface area contributed by atoms with Gasteiger partial charge in [-0.3, -0.25) is 0 Å². The van der Waals surface area contributed by atoms with Gasteiger partial charge in [0.1, 0.15) is 5.75 Å². The number of carbonyl (C=O) groups excluding carboxylic acids is 1. The Hall–Kier alpha value is -2.55. The highest BCUT2D eigenvalue weighted by Crippen LogP contribution is 2.28. The normalized spacial score (nSPS) is 12.0. The molecular weight excluding hydrogens is 324 g/mol. The molecule has 1 aromatic carbocycles. The van der Waals surface area contributed by atoms with Gasteiger partial charge in [0.25, 0.3) is 0 Å². The lowest BCUT2D eigenvalue weighted by molar-refractivity contribution is -0.137. The molecule has 1 aromatic rings. The van der Waals surface area contributed by atoms with Crippen LogP contribution in [-0.4, -0.2) is 19.7 Å². The second-order valence-electron chi connectivity index (χ2n) is 6.07. The van der Waals surface area contributed by atoms with E-state index in [1.165, 1.54) is 22.8 Å². The zero-order chi connectivity index (χ0) is 19.4. The Morgan fingerprint density at radius 3 is 2.31 bits per heavy atom. The molecule has 0 radical (unpaired) electrons. The summed E-state index contributed by atoms with van der Waals surface area (Å²) in [5, 5.41) is 0. The molecule has 0 amide bonds. The summed E-state index contributed by atoms with van der Waals surface area (Å²) in [7, 11) is 1.70. The van der Waals surface area contributed by atoms with Gasteiger partial charge in [-0.15, -0.1) is 0 Å². The van der Waals surface area contributed by atoms with Gasteiger partial charge in [0.2, 0.25) is 0 Å². The molecule has 0 unspecified atom stereocenters. The Bertz CT molecular complexity index is 707. The molecule has 0 saturated heterocycles. The summed E-state index contributed by atoms with van der Waals surface area (Å²) >= 11 is 0. The number of hydrogen-bond donors (Lipinski definition) is 0. The minimum Gasteiger partial charge on any atom is -0.496 e. The van der Waals surface area contributed by atoms with E-state index in [4.69, 9.17) is 9.47 Å². The SMILES string of the molecule is CCCCOC(=O)/C=C/C=C/C=C/C=C/c1c(C)cc(OC)c(C)c1C. The van der Waals surface area contributed by atoms with E-state index in [9.17, 15) is 4.79 Å². The van der Waals surface area contributed by atoms with Crippen molar-refractivity contribution in [2.75, 3.05) is 13.7 Å². The van der Waals surface area contributed by atoms with Crippen molar-refractivity contribution in [3.8, 4) is 5.75 Å². The summed E-state index contributed by atoms with van der Waals surface area (Å²) in [5.74, 6) is 0.628. The summed E-state index contributed by atoms with van der Waals surface area (Å²) < 4.78 is 10.4. The van der Waals surface area contributed by atoms with Gasteiger partial charge in [-0.25, -0.2) is 4.79 Å². The molecule has 0 atom stereocenters. The first-order valence-corrected chi connectivity index (χ1v) is 9.00. The molecule has 0 aliphatic carbocycles. The third kappa shape index (κ3) is 7.14. The highest BCUT2D eigenvalue weighted by Gasteiger charge is 2.07. The first-order valence-electron chi connectivity index (χ1n) is 9.00. The molecular formula is C23H30O3. The summed E-state index contributed by atoms with van der Waals surface area (Å²) in [6.07, 6.45) is 16.7. The average molecular weight is 354 g/mol. The van der Waals surface area contributed by atoms with Crippen molar-refractivity contribution in [3.05, 3.63) is 70.9 Å². The fourth-order valence-electron chi connectivity index (χ4n) is 2.44. The molecule has 0 bridgehead atoms. The van der Waals surface area contributed by atoms with E-state index in [1.807, 2.05) is 24.3 Å². The quantitative estimate of drug-likeness (QED) is 0.249. The number of hydrogen-bond acceptors (Lipinski definition) is 3. The van der Waals surface area contributed by atoms with Gasteiger partial charge in [0, 0.05) is 6.08 Å². The predicted molar refractivity (Wildman–Crippen MR) is 110 cm³/mol. The lowest BCUT2D eigenvalue weighted by Gasteiger charge is -2.13. The van der Waals surface area contributed by atoms with Crippen LogP contribution in [0.1, 0.15) is 42.0 Å². The van der Waals surface area contributed by atoms with Crippen molar-refractivity contribution >= 4 is 12.0 Å². The van der Waals surface area contributed by atoms with Gasteiger partial charge in [-0.05, 0) is 55.5 Å². The minimum absolute atomic E-state index is 0.298. The van der Waals surface area contributed by atoms with Crippen molar-refractivity contribution in [2.24, 2.45) is 0 Å². The standard InChI is InChI=1S/C23H30O3/c1-6-7-16-26-23(24)15-13-11-9-8-10-12-14-21-18(2)17-22(25-5)20(4)19(21)3/h8-15,17H,6-7,16H2,1-5H3/b10-8+,11-9+,14-12+,15-13+. The van der Waals surface area contributed by atoms with Crippen LogP contribution in [0.5, 0.6) is 5.75 Å². The van der Waals surface area contributed by atoms with Gasteiger partial charge in [-0.2, -0.15) is 0 Å². The minimum atomic E-state index is -0.298. The van der Waals surface area contributed by atoms with Crippen molar-refractivity contribution in [1.82, 2.24) is 0 Å². The maximum atomic E-state index is 11.4. The van der Waals surface area contributed by atoms with Crippen LogP contribution >= 0.6 is 0 Å². The second kappa shape index (κ2) is 11.9. The molecule has 0 spiro atoms. The molecule has 3 heteroatoms. The van der Waals surface area contributed by atoms with Crippen molar-refractivity contribution in [3.63, 3.8) is 0 Å². The van der Waals surface area contributed by atoms with Gasteiger partial charge >= 0.3 is 5.97 Å². The van der Waals surface area contributed by atoms with E-state index in [-0.39, 0.29) is 5.97 Å². The zero-order valence-corrected chi connectivity index (χ0v) is 16.5. The van der Waals surface area contributed by atoms with Crippen molar-refractivity contribution in [1.29, 1.82) is 0 Å². The van der Waals surface area contributed by atoms with E-state index >= 15 is 0 Å². The van der Waals surface area contributed by atoms with Crippen molar-refractivity contribution < 1.29 is 14.3 Å². The first kappa shape index (κ1) is 21.5. The number of esters is 1. The van der Waals surface area contributed by atoms with Crippen LogP contribution in [0.2, 0.25) is 0 Å². The molecule has 140 valence electrons. The maximum absolute atomic E-state index is 11.4. The highest BCUT2D eigenvalue weighted by atomic mass is 16.5. The lowest BCUT2D eigenvalue weighted by Crippen LogP contribution is -2.01. The molecule has 0 aromatic heterocycles. The molecule has 1 rings (SSSR count). The number of rotatable bonds is 9. The first-order chi connectivity index (χ1) is 12.5. The van der Waals surface area contributed by atoms with E-state index in [0.29, 0.717) is 6.61 Å². The Balaban J connectivity index is 2.56. The van der Waals surface area contributed by atoms with E-state index in [2.05, 4.69) is 39.8 Å². The smallest absolute Gasteiger partial charge is 0.330 e. The zero-order valence-electron chi connectivity index (χ0n) is 16.5. The molecule has 0 aliphatic heterocycles. The predicted octanol–water partition coefficient (Wildman–Crippen LogP) is 5.65. The number of aryl methyl sites for hydroxylation is 1. The number of benzene rings is 1.